The molecule has 0 saturated carbocycles. The van der Waals surface area contributed by atoms with Gasteiger partial charge in [0.1, 0.15) is 6.33 Å². The number of imidazole rings is 1. The van der Waals surface area contributed by atoms with Crippen molar-refractivity contribution in [2.75, 3.05) is 0 Å². The largest absolute Gasteiger partial charge is 0.492 e. The van der Waals surface area contributed by atoms with E-state index in [1.165, 1.54) is 6.33 Å². The van der Waals surface area contributed by atoms with E-state index in [1.807, 2.05) is 0 Å². The fourth-order valence-corrected chi connectivity index (χ4v) is 0.701. The highest BCUT2D eigenvalue weighted by molar-refractivity contribution is 5.74. The Balaban J connectivity index is 2.95. The molecule has 2 rings (SSSR count). The van der Waals surface area contributed by atoms with Crippen LogP contribution in [0.15, 0.2) is 6.33 Å². The van der Waals surface area contributed by atoms with Gasteiger partial charge in [0, 0.05) is 0 Å². The van der Waals surface area contributed by atoms with Crippen LogP contribution in [0.5, 0.6) is 5.88 Å². The second-order valence-corrected chi connectivity index (χ2v) is 1.74. The van der Waals surface area contributed by atoms with Crippen molar-refractivity contribution in [3.8, 4) is 5.88 Å². The molecule has 0 aliphatic heterocycles. The Bertz CT molecular complexity index is 355. The van der Waals surface area contributed by atoms with Crippen molar-refractivity contribution >= 4 is 11.2 Å². The maximum absolute atomic E-state index is 9.01. The van der Waals surface area contributed by atoms with Gasteiger partial charge in [-0.1, -0.05) is 0 Å². The summed E-state index contributed by atoms with van der Waals surface area (Å²) in [5, 5.41) is 9.01. The number of aromatic amines is 1. The van der Waals surface area contributed by atoms with Crippen molar-refractivity contribution in [1.82, 2.24) is 19.9 Å². The van der Waals surface area contributed by atoms with Gasteiger partial charge in [-0.25, -0.2) is 9.97 Å². The Morgan fingerprint density at radius 1 is 1.50 bits per heavy atom. The van der Waals surface area contributed by atoms with E-state index in [4.69, 9.17) is 5.11 Å². The molecule has 0 aliphatic rings. The van der Waals surface area contributed by atoms with Crippen LogP contribution in [0.25, 0.3) is 11.2 Å². The van der Waals surface area contributed by atoms with Crippen LogP contribution in [0.1, 0.15) is 0 Å². The maximum Gasteiger partial charge on any atom is 0.242 e. The molecule has 1 radical (unpaired) electrons. The number of H-pyrrole nitrogens is 1. The lowest BCUT2D eigenvalue weighted by Gasteiger charge is -1.87. The van der Waals surface area contributed by atoms with Gasteiger partial charge in [0.05, 0.1) is 0 Å². The van der Waals surface area contributed by atoms with Crippen LogP contribution in [-0.4, -0.2) is 25.0 Å². The molecular formula is C5H3N4O. The summed E-state index contributed by atoms with van der Waals surface area (Å²) in [6, 6.07) is 0. The number of fused-ring (bicyclic) bond motifs is 1. The quantitative estimate of drug-likeness (QED) is 0.527. The molecule has 2 aromatic rings. The molecule has 0 unspecified atom stereocenters. The van der Waals surface area contributed by atoms with E-state index < -0.39 is 0 Å². The van der Waals surface area contributed by atoms with Crippen molar-refractivity contribution < 1.29 is 5.11 Å². The zero-order valence-electron chi connectivity index (χ0n) is 4.87. The van der Waals surface area contributed by atoms with Gasteiger partial charge in [-0.3, -0.25) is 0 Å². The van der Waals surface area contributed by atoms with Gasteiger partial charge in [0.25, 0.3) is 0 Å². The lowest BCUT2D eigenvalue weighted by atomic mass is 10.5. The Labute approximate surface area is 55.8 Å². The van der Waals surface area contributed by atoms with Gasteiger partial charge in [-0.2, -0.15) is 4.98 Å². The first-order valence-corrected chi connectivity index (χ1v) is 2.63. The summed E-state index contributed by atoms with van der Waals surface area (Å²) in [4.78, 5) is 13.6. The van der Waals surface area contributed by atoms with Gasteiger partial charge in [0.2, 0.25) is 5.88 Å². The molecule has 0 saturated heterocycles. The molecule has 10 heavy (non-hydrogen) atoms. The van der Waals surface area contributed by atoms with Crippen LogP contribution in [-0.2, 0) is 0 Å². The van der Waals surface area contributed by atoms with Crippen molar-refractivity contribution in [3.63, 3.8) is 0 Å². The molecule has 2 aromatic heterocycles. The predicted molar refractivity (Wildman–Crippen MR) is 32.2 cm³/mol. The van der Waals surface area contributed by atoms with E-state index in [-0.39, 0.29) is 5.88 Å². The maximum atomic E-state index is 9.01. The molecule has 0 bridgehead atoms. The van der Waals surface area contributed by atoms with Crippen LogP contribution in [0.4, 0.5) is 0 Å². The van der Waals surface area contributed by atoms with Crippen molar-refractivity contribution in [2.24, 2.45) is 0 Å². The molecule has 0 aromatic carbocycles. The van der Waals surface area contributed by atoms with E-state index in [9.17, 15) is 0 Å². The average molecular weight is 135 g/mol. The van der Waals surface area contributed by atoms with E-state index in [2.05, 4.69) is 26.3 Å². The molecular weight excluding hydrogens is 132 g/mol. The number of aromatic hydroxyl groups is 1. The van der Waals surface area contributed by atoms with Gasteiger partial charge < -0.3 is 10.1 Å². The summed E-state index contributed by atoms with van der Waals surface area (Å²) in [5.41, 5.74) is 0.843. The van der Waals surface area contributed by atoms with Crippen LogP contribution in [0, 0.1) is 6.33 Å². The number of rotatable bonds is 0. The number of aromatic nitrogens is 4. The Hall–Kier alpha value is -1.65. The van der Waals surface area contributed by atoms with E-state index in [0.29, 0.717) is 11.2 Å². The van der Waals surface area contributed by atoms with Crippen LogP contribution < -0.4 is 0 Å². The normalized spacial score (nSPS) is 10.4. The van der Waals surface area contributed by atoms with E-state index >= 15 is 0 Å². The van der Waals surface area contributed by atoms with Gasteiger partial charge in [0.15, 0.2) is 17.5 Å². The summed E-state index contributed by atoms with van der Waals surface area (Å²) in [5.74, 6) is -0.123. The highest BCUT2D eigenvalue weighted by atomic mass is 16.3. The van der Waals surface area contributed by atoms with Crippen molar-refractivity contribution in [1.29, 1.82) is 0 Å². The molecule has 5 heteroatoms. The average Bonchev–Trinajstić information content (AvgIpc) is 2.36. The number of hydrogen-bond donors (Lipinski definition) is 2. The topological polar surface area (TPSA) is 74.7 Å². The van der Waals surface area contributed by atoms with Crippen LogP contribution >= 0.6 is 0 Å². The summed E-state index contributed by atoms with van der Waals surface area (Å²) < 4.78 is 0. The first-order valence-electron chi connectivity index (χ1n) is 2.63. The molecule has 0 atom stereocenters. The fourth-order valence-electron chi connectivity index (χ4n) is 0.701. The van der Waals surface area contributed by atoms with Crippen LogP contribution in [0.2, 0.25) is 0 Å². The smallest absolute Gasteiger partial charge is 0.242 e. The van der Waals surface area contributed by atoms with E-state index in [0.717, 1.165) is 0 Å². The Kier molecular flexibility index (Phi) is 0.858. The van der Waals surface area contributed by atoms with Gasteiger partial charge in [-0.05, 0) is 0 Å². The Morgan fingerprint density at radius 3 is 3.20 bits per heavy atom. The third-order valence-electron chi connectivity index (χ3n) is 1.14. The second kappa shape index (κ2) is 1.66. The number of hydrogen-bond acceptors (Lipinski definition) is 4. The summed E-state index contributed by atoms with van der Waals surface area (Å²) in [6.07, 6.45) is 3.69. The predicted octanol–water partition coefficient (Wildman–Crippen LogP) is -0.141. The monoisotopic (exact) mass is 135 g/mol. The van der Waals surface area contributed by atoms with Gasteiger partial charge >= 0.3 is 0 Å². The molecule has 0 amide bonds. The molecule has 0 aliphatic carbocycles. The lowest BCUT2D eigenvalue weighted by Crippen LogP contribution is -1.79. The molecule has 2 heterocycles. The highest BCUT2D eigenvalue weighted by Crippen LogP contribution is 2.13. The summed E-state index contributed by atoms with van der Waals surface area (Å²) in [7, 11) is 0. The van der Waals surface area contributed by atoms with E-state index in [1.54, 1.807) is 0 Å². The molecule has 2 N–H and O–H groups in total. The van der Waals surface area contributed by atoms with Gasteiger partial charge in [-0.15, -0.1) is 0 Å². The molecule has 5 nitrogen and oxygen atoms in total. The highest BCUT2D eigenvalue weighted by Gasteiger charge is 2.01. The summed E-state index contributed by atoms with van der Waals surface area (Å²) >= 11 is 0. The van der Waals surface area contributed by atoms with Crippen molar-refractivity contribution in [2.45, 2.75) is 0 Å². The number of nitrogens with one attached hydrogen (secondary N) is 1. The zero-order chi connectivity index (χ0) is 6.97. The minimum absolute atomic E-state index is 0.123. The lowest BCUT2D eigenvalue weighted by molar-refractivity contribution is 0.458. The second-order valence-electron chi connectivity index (χ2n) is 1.74. The summed E-state index contributed by atoms with van der Waals surface area (Å²) in [6.45, 7) is 0. The Morgan fingerprint density at radius 2 is 2.40 bits per heavy atom. The third-order valence-corrected chi connectivity index (χ3v) is 1.14. The van der Waals surface area contributed by atoms with Crippen LogP contribution in [0.3, 0.4) is 0 Å². The molecule has 0 fully saturated rings. The standard InChI is InChI=1S/C5H3N4O/c10-5-3-4(7-1-6-3)8-2-9-5/h2H,(H2,6,7,8,9,10). The number of nitrogens with zero attached hydrogens (tertiary/aromatic N) is 3. The third kappa shape index (κ3) is 0.540. The first kappa shape index (κ1) is 5.16. The zero-order valence-corrected chi connectivity index (χ0v) is 4.87. The molecule has 49 valence electrons. The minimum atomic E-state index is -0.123. The fraction of sp³-hybridized carbons (Fsp3) is 0. The first-order chi connectivity index (χ1) is 4.88. The minimum Gasteiger partial charge on any atom is -0.492 e. The molecule has 0 spiro atoms. The SMILES string of the molecule is Oc1ncnc2[nH][c]nc12. The van der Waals surface area contributed by atoms with Crippen molar-refractivity contribution in [3.05, 3.63) is 12.7 Å².